The highest BCUT2D eigenvalue weighted by molar-refractivity contribution is 5.38. The number of benzene rings is 1. The Morgan fingerprint density at radius 2 is 1.67 bits per heavy atom. The topological polar surface area (TPSA) is 58.9 Å². The maximum absolute atomic E-state index is 9.31. The molecule has 1 rings (SSSR count). The van der Waals surface area contributed by atoms with Gasteiger partial charge in [0.1, 0.15) is 11.5 Å². The van der Waals surface area contributed by atoms with E-state index in [0.717, 1.165) is 5.56 Å². The molecule has 0 spiro atoms. The third kappa shape index (κ3) is 3.42. The van der Waals surface area contributed by atoms with E-state index in [1.54, 1.807) is 32.4 Å². The lowest BCUT2D eigenvalue weighted by Gasteiger charge is -2.10. The van der Waals surface area contributed by atoms with Crippen molar-refractivity contribution in [2.75, 3.05) is 20.8 Å². The normalized spacial score (nSPS) is 12.3. The lowest BCUT2D eigenvalue weighted by Crippen LogP contribution is -2.15. The predicted octanol–water partition coefficient (Wildman–Crippen LogP) is 0.599. The molecule has 0 radical (unpaired) electrons. The minimum atomic E-state index is -0.748. The number of rotatable bonds is 5. The Kier molecular flexibility index (Phi) is 4.39. The monoisotopic (exact) mass is 212 g/mol. The van der Waals surface area contributed by atoms with Gasteiger partial charge >= 0.3 is 0 Å². The molecule has 84 valence electrons. The molecular formula is C11H16O4. The number of hydrogen-bond donors (Lipinski definition) is 2. The van der Waals surface area contributed by atoms with Crippen molar-refractivity contribution in [2.45, 2.75) is 12.5 Å². The number of methoxy groups -OCH3 is 2. The highest BCUT2D eigenvalue weighted by Crippen LogP contribution is 2.23. The summed E-state index contributed by atoms with van der Waals surface area (Å²) in [5, 5.41) is 18.0. The summed E-state index contributed by atoms with van der Waals surface area (Å²) < 4.78 is 10.2. The van der Waals surface area contributed by atoms with Gasteiger partial charge in [-0.2, -0.15) is 0 Å². The predicted molar refractivity (Wildman–Crippen MR) is 56.3 cm³/mol. The fourth-order valence-corrected chi connectivity index (χ4v) is 1.32. The molecule has 0 heterocycles. The van der Waals surface area contributed by atoms with Gasteiger partial charge in [0, 0.05) is 12.5 Å². The molecule has 4 nitrogen and oxygen atoms in total. The summed E-state index contributed by atoms with van der Waals surface area (Å²) in [5.41, 5.74) is 0.868. The van der Waals surface area contributed by atoms with Gasteiger partial charge in [-0.15, -0.1) is 0 Å². The second-order valence-electron chi connectivity index (χ2n) is 3.26. The van der Waals surface area contributed by atoms with Crippen LogP contribution in [0.1, 0.15) is 5.56 Å². The summed E-state index contributed by atoms with van der Waals surface area (Å²) >= 11 is 0. The van der Waals surface area contributed by atoms with Crippen molar-refractivity contribution in [2.24, 2.45) is 0 Å². The van der Waals surface area contributed by atoms with Crippen LogP contribution in [0.2, 0.25) is 0 Å². The average molecular weight is 212 g/mol. The largest absolute Gasteiger partial charge is 0.497 e. The van der Waals surface area contributed by atoms with Gasteiger partial charge in [0.05, 0.1) is 26.9 Å². The van der Waals surface area contributed by atoms with Gasteiger partial charge in [-0.25, -0.2) is 0 Å². The maximum atomic E-state index is 9.31. The number of hydrogen-bond acceptors (Lipinski definition) is 4. The molecule has 0 aliphatic carbocycles. The molecule has 1 aromatic carbocycles. The zero-order chi connectivity index (χ0) is 11.3. The molecule has 0 unspecified atom stereocenters. The van der Waals surface area contributed by atoms with Crippen LogP contribution in [0, 0.1) is 0 Å². The number of ether oxygens (including phenoxy) is 2. The van der Waals surface area contributed by atoms with Crippen molar-refractivity contribution in [1.29, 1.82) is 0 Å². The Morgan fingerprint density at radius 3 is 2.07 bits per heavy atom. The molecule has 1 aromatic rings. The molecule has 0 saturated heterocycles. The standard InChI is InChI=1S/C11H16O4/c1-14-10-4-8(3-9(13)7-12)5-11(6-10)15-2/h4-6,9,12-13H,3,7H2,1-2H3/t9-/m0/s1. The van der Waals surface area contributed by atoms with Gasteiger partial charge in [-0.1, -0.05) is 0 Å². The average Bonchev–Trinajstić information content (AvgIpc) is 2.28. The van der Waals surface area contributed by atoms with Gasteiger partial charge in [0.15, 0.2) is 0 Å². The van der Waals surface area contributed by atoms with Crippen LogP contribution in [0.3, 0.4) is 0 Å². The Bertz CT molecular complexity index is 289. The lowest BCUT2D eigenvalue weighted by atomic mass is 10.1. The minimum absolute atomic E-state index is 0.250. The van der Waals surface area contributed by atoms with Crippen molar-refractivity contribution < 1.29 is 19.7 Å². The van der Waals surface area contributed by atoms with Crippen molar-refractivity contribution in [3.63, 3.8) is 0 Å². The first-order valence-corrected chi connectivity index (χ1v) is 4.70. The van der Waals surface area contributed by atoms with Crippen molar-refractivity contribution in [1.82, 2.24) is 0 Å². The Morgan fingerprint density at radius 1 is 1.13 bits per heavy atom. The molecule has 2 N–H and O–H groups in total. The van der Waals surface area contributed by atoms with Crippen LogP contribution in [0.4, 0.5) is 0 Å². The number of aliphatic hydroxyl groups excluding tert-OH is 2. The second kappa shape index (κ2) is 5.58. The quantitative estimate of drug-likeness (QED) is 0.750. The third-order valence-electron chi connectivity index (χ3n) is 2.09. The maximum Gasteiger partial charge on any atom is 0.122 e. The fourth-order valence-electron chi connectivity index (χ4n) is 1.32. The number of aliphatic hydroxyl groups is 2. The highest BCUT2D eigenvalue weighted by atomic mass is 16.5. The SMILES string of the molecule is COc1cc(C[C@H](O)CO)cc(OC)c1. The highest BCUT2D eigenvalue weighted by Gasteiger charge is 2.07. The molecule has 0 aliphatic heterocycles. The summed E-state index contributed by atoms with van der Waals surface area (Å²) in [6.45, 7) is -0.250. The first-order chi connectivity index (χ1) is 7.19. The van der Waals surface area contributed by atoms with E-state index in [-0.39, 0.29) is 6.61 Å². The van der Waals surface area contributed by atoms with E-state index in [1.807, 2.05) is 0 Å². The molecule has 0 bridgehead atoms. The van der Waals surface area contributed by atoms with E-state index in [1.165, 1.54) is 0 Å². The minimum Gasteiger partial charge on any atom is -0.497 e. The van der Waals surface area contributed by atoms with Gasteiger partial charge < -0.3 is 19.7 Å². The molecule has 0 aromatic heterocycles. The zero-order valence-electron chi connectivity index (χ0n) is 8.93. The molecule has 0 amide bonds. The van der Waals surface area contributed by atoms with Crippen molar-refractivity contribution in [3.05, 3.63) is 23.8 Å². The van der Waals surface area contributed by atoms with Crippen LogP contribution in [-0.4, -0.2) is 37.1 Å². The van der Waals surface area contributed by atoms with E-state index in [0.29, 0.717) is 17.9 Å². The summed E-state index contributed by atoms with van der Waals surface area (Å²) in [7, 11) is 3.14. The molecule has 1 atom stereocenters. The Hall–Kier alpha value is -1.26. The van der Waals surface area contributed by atoms with Crippen molar-refractivity contribution in [3.8, 4) is 11.5 Å². The van der Waals surface area contributed by atoms with Crippen molar-refractivity contribution >= 4 is 0 Å². The molecular weight excluding hydrogens is 196 g/mol. The summed E-state index contributed by atoms with van der Waals surface area (Å²) in [4.78, 5) is 0. The summed E-state index contributed by atoms with van der Waals surface area (Å²) in [5.74, 6) is 1.35. The first-order valence-electron chi connectivity index (χ1n) is 4.70. The molecule has 15 heavy (non-hydrogen) atoms. The molecule has 4 heteroatoms. The van der Waals surface area contributed by atoms with Gasteiger partial charge in [0.2, 0.25) is 0 Å². The van der Waals surface area contributed by atoms with E-state index in [2.05, 4.69) is 0 Å². The molecule has 0 aliphatic rings. The van der Waals surface area contributed by atoms with Crippen LogP contribution in [-0.2, 0) is 6.42 Å². The summed E-state index contributed by atoms with van der Waals surface area (Å²) in [6.07, 6.45) is -0.369. The Labute approximate surface area is 89.1 Å². The first kappa shape index (κ1) is 11.8. The van der Waals surface area contributed by atoms with Crippen LogP contribution in [0.15, 0.2) is 18.2 Å². The van der Waals surface area contributed by atoms with E-state index in [9.17, 15) is 5.11 Å². The van der Waals surface area contributed by atoms with Crippen LogP contribution < -0.4 is 9.47 Å². The van der Waals surface area contributed by atoms with Crippen LogP contribution in [0.5, 0.6) is 11.5 Å². The van der Waals surface area contributed by atoms with Crippen LogP contribution >= 0.6 is 0 Å². The van der Waals surface area contributed by atoms with E-state index in [4.69, 9.17) is 14.6 Å². The smallest absolute Gasteiger partial charge is 0.122 e. The van der Waals surface area contributed by atoms with E-state index < -0.39 is 6.10 Å². The molecule has 0 saturated carbocycles. The van der Waals surface area contributed by atoms with Gasteiger partial charge in [0.25, 0.3) is 0 Å². The summed E-state index contributed by atoms with van der Waals surface area (Å²) in [6, 6.07) is 5.37. The lowest BCUT2D eigenvalue weighted by molar-refractivity contribution is 0.0954. The van der Waals surface area contributed by atoms with E-state index >= 15 is 0 Å². The third-order valence-corrected chi connectivity index (χ3v) is 2.09. The van der Waals surface area contributed by atoms with Gasteiger partial charge in [-0.05, 0) is 17.7 Å². The second-order valence-corrected chi connectivity index (χ2v) is 3.26. The fraction of sp³-hybridized carbons (Fsp3) is 0.455. The van der Waals surface area contributed by atoms with Crippen LogP contribution in [0.25, 0.3) is 0 Å². The molecule has 0 fully saturated rings. The Balaban J connectivity index is 2.86. The van der Waals surface area contributed by atoms with Gasteiger partial charge in [-0.3, -0.25) is 0 Å². The zero-order valence-corrected chi connectivity index (χ0v) is 8.93.